The Bertz CT molecular complexity index is 579. The van der Waals surface area contributed by atoms with Crippen molar-refractivity contribution in [2.75, 3.05) is 37.7 Å². The zero-order valence-corrected chi connectivity index (χ0v) is 14.8. The molecular weight excluding hydrogens is 324 g/mol. The van der Waals surface area contributed by atoms with Crippen LogP contribution in [-0.2, 0) is 10.0 Å². The van der Waals surface area contributed by atoms with Gasteiger partial charge in [0.15, 0.2) is 0 Å². The van der Waals surface area contributed by atoms with Gasteiger partial charge in [-0.3, -0.25) is 4.90 Å². The maximum Gasteiger partial charge on any atom is 0.252 e. The first-order valence-corrected chi connectivity index (χ1v) is 10.9. The molecule has 0 N–H and O–H groups in total. The third kappa shape index (κ3) is 3.47. The number of sulfonamides is 1. The van der Waals surface area contributed by atoms with Crippen molar-refractivity contribution in [3.05, 3.63) is 17.0 Å². The van der Waals surface area contributed by atoms with Crippen molar-refractivity contribution < 1.29 is 8.42 Å². The lowest BCUT2D eigenvalue weighted by molar-refractivity contribution is 0.223. The fourth-order valence-electron chi connectivity index (χ4n) is 3.01. The van der Waals surface area contributed by atoms with Gasteiger partial charge in [-0.25, -0.2) is 8.42 Å². The van der Waals surface area contributed by atoms with E-state index in [0.717, 1.165) is 24.4 Å². The first-order valence-electron chi connectivity index (χ1n) is 7.46. The van der Waals surface area contributed by atoms with Gasteiger partial charge in [0, 0.05) is 36.3 Å². The number of hydrogen-bond acceptors (Lipinski definition) is 5. The van der Waals surface area contributed by atoms with E-state index in [9.17, 15) is 8.42 Å². The molecule has 118 valence electrons. The van der Waals surface area contributed by atoms with Gasteiger partial charge in [-0.05, 0) is 44.2 Å². The van der Waals surface area contributed by atoms with Crippen LogP contribution in [0.25, 0.3) is 0 Å². The highest BCUT2D eigenvalue weighted by molar-refractivity contribution is 7.99. The molecule has 2 aliphatic heterocycles. The van der Waals surface area contributed by atoms with Gasteiger partial charge in [0.05, 0.1) is 0 Å². The highest BCUT2D eigenvalue weighted by Crippen LogP contribution is 2.27. The van der Waals surface area contributed by atoms with Crippen molar-refractivity contribution in [3.8, 4) is 0 Å². The van der Waals surface area contributed by atoms with E-state index in [0.29, 0.717) is 23.3 Å². The van der Waals surface area contributed by atoms with Gasteiger partial charge in [0.25, 0.3) is 10.0 Å². The fraction of sp³-hybridized carbons (Fsp3) is 0.714. The van der Waals surface area contributed by atoms with E-state index in [1.54, 1.807) is 10.4 Å². The normalized spacial score (nSPS) is 26.0. The average molecular weight is 347 g/mol. The molecule has 0 aromatic carbocycles. The highest BCUT2D eigenvalue weighted by atomic mass is 32.2. The molecule has 21 heavy (non-hydrogen) atoms. The summed E-state index contributed by atoms with van der Waals surface area (Å²) in [5.41, 5.74) is 0. The zero-order valence-electron chi connectivity index (χ0n) is 12.3. The highest BCUT2D eigenvalue weighted by Gasteiger charge is 2.30. The van der Waals surface area contributed by atoms with Crippen LogP contribution in [0.2, 0.25) is 0 Å². The third-order valence-electron chi connectivity index (χ3n) is 4.22. The maximum absolute atomic E-state index is 12.7. The molecule has 3 heterocycles. The molecular formula is C14H22N2O2S3. The Morgan fingerprint density at radius 1 is 1.19 bits per heavy atom. The van der Waals surface area contributed by atoms with Gasteiger partial charge in [0.2, 0.25) is 0 Å². The van der Waals surface area contributed by atoms with Crippen LogP contribution in [-0.4, -0.2) is 61.3 Å². The minimum Gasteiger partial charge on any atom is -0.298 e. The molecule has 0 radical (unpaired) electrons. The summed E-state index contributed by atoms with van der Waals surface area (Å²) >= 11 is 3.39. The van der Waals surface area contributed by atoms with Crippen LogP contribution >= 0.6 is 23.1 Å². The lowest BCUT2D eigenvalue weighted by Gasteiger charge is -2.26. The van der Waals surface area contributed by atoms with Crippen molar-refractivity contribution in [1.82, 2.24) is 9.21 Å². The molecule has 0 spiro atoms. The number of hydrogen-bond donors (Lipinski definition) is 0. The molecule has 7 heteroatoms. The molecule has 0 bridgehead atoms. The van der Waals surface area contributed by atoms with Crippen LogP contribution in [0.5, 0.6) is 0 Å². The summed E-state index contributed by atoms with van der Waals surface area (Å²) in [5.74, 6) is 2.45. The summed E-state index contributed by atoms with van der Waals surface area (Å²) in [6, 6.07) is 4.28. The van der Waals surface area contributed by atoms with Gasteiger partial charge in [-0.1, -0.05) is 0 Å². The molecule has 4 nitrogen and oxygen atoms in total. The van der Waals surface area contributed by atoms with Crippen LogP contribution in [0, 0.1) is 6.92 Å². The standard InChI is InChI=1S/C14H22N2O2S3/c1-12-3-4-14(20-12)21(17,18)16-7-2-6-15(8-9-16)13-5-10-19-11-13/h3-4,13H,2,5-11H2,1H3. The molecule has 2 fully saturated rings. The van der Waals surface area contributed by atoms with E-state index in [1.807, 2.05) is 24.8 Å². The first-order chi connectivity index (χ1) is 10.1. The van der Waals surface area contributed by atoms with Crippen molar-refractivity contribution in [2.24, 2.45) is 0 Å². The minimum atomic E-state index is -3.29. The summed E-state index contributed by atoms with van der Waals surface area (Å²) in [6.07, 6.45) is 2.19. The van der Waals surface area contributed by atoms with Crippen molar-refractivity contribution in [2.45, 2.75) is 30.0 Å². The number of aryl methyl sites for hydroxylation is 1. The molecule has 0 saturated carbocycles. The molecule has 3 rings (SSSR count). The Morgan fingerprint density at radius 2 is 2.05 bits per heavy atom. The van der Waals surface area contributed by atoms with Gasteiger partial charge in [-0.2, -0.15) is 16.1 Å². The Morgan fingerprint density at radius 3 is 2.71 bits per heavy atom. The predicted molar refractivity (Wildman–Crippen MR) is 89.7 cm³/mol. The Balaban J connectivity index is 1.69. The second-order valence-corrected chi connectivity index (χ2v) is 10.3. The van der Waals surface area contributed by atoms with Crippen LogP contribution in [0.1, 0.15) is 17.7 Å². The predicted octanol–water partition coefficient (Wildman–Crippen LogP) is 2.26. The van der Waals surface area contributed by atoms with E-state index >= 15 is 0 Å². The lowest BCUT2D eigenvalue weighted by Crippen LogP contribution is -2.39. The number of nitrogens with zero attached hydrogens (tertiary/aromatic N) is 2. The maximum atomic E-state index is 12.7. The molecule has 2 saturated heterocycles. The van der Waals surface area contributed by atoms with E-state index < -0.39 is 10.0 Å². The van der Waals surface area contributed by atoms with E-state index in [4.69, 9.17) is 0 Å². The van der Waals surface area contributed by atoms with Crippen molar-refractivity contribution >= 4 is 33.1 Å². The first kappa shape index (κ1) is 15.8. The van der Waals surface area contributed by atoms with Gasteiger partial charge >= 0.3 is 0 Å². The Labute approximate surface area is 135 Å². The van der Waals surface area contributed by atoms with E-state index in [2.05, 4.69) is 4.90 Å². The Kier molecular flexibility index (Phi) is 4.95. The largest absolute Gasteiger partial charge is 0.298 e. The van der Waals surface area contributed by atoms with Gasteiger partial charge in [-0.15, -0.1) is 11.3 Å². The second-order valence-electron chi connectivity index (χ2n) is 5.68. The van der Waals surface area contributed by atoms with Crippen molar-refractivity contribution in [3.63, 3.8) is 0 Å². The molecule has 0 aliphatic carbocycles. The van der Waals surface area contributed by atoms with Crippen molar-refractivity contribution in [1.29, 1.82) is 0 Å². The molecule has 2 aliphatic rings. The van der Waals surface area contributed by atoms with Crippen LogP contribution in [0.3, 0.4) is 0 Å². The number of thioether (sulfide) groups is 1. The van der Waals surface area contributed by atoms with Gasteiger partial charge in [0.1, 0.15) is 4.21 Å². The summed E-state index contributed by atoms with van der Waals surface area (Å²) in [7, 11) is -3.29. The molecule has 1 aromatic heterocycles. The van der Waals surface area contributed by atoms with Crippen LogP contribution < -0.4 is 0 Å². The lowest BCUT2D eigenvalue weighted by atomic mass is 10.2. The van der Waals surface area contributed by atoms with Crippen LogP contribution in [0.15, 0.2) is 16.3 Å². The summed E-state index contributed by atoms with van der Waals surface area (Å²) in [5, 5.41) is 0. The topological polar surface area (TPSA) is 40.6 Å². The average Bonchev–Trinajstić information content (AvgIpc) is 3.06. The second kappa shape index (κ2) is 6.58. The van der Waals surface area contributed by atoms with E-state index in [-0.39, 0.29) is 0 Å². The molecule has 1 aromatic rings. The van der Waals surface area contributed by atoms with E-state index in [1.165, 1.54) is 29.3 Å². The summed E-state index contributed by atoms with van der Waals surface area (Å²) in [6.45, 7) is 5.12. The Hall–Kier alpha value is -0.0800. The zero-order chi connectivity index (χ0) is 14.9. The minimum absolute atomic E-state index is 0.491. The number of rotatable bonds is 3. The third-order valence-corrected chi connectivity index (χ3v) is 8.73. The summed E-state index contributed by atoms with van der Waals surface area (Å²) < 4.78 is 27.6. The monoisotopic (exact) mass is 346 g/mol. The molecule has 1 atom stereocenters. The quantitative estimate of drug-likeness (QED) is 0.842. The SMILES string of the molecule is Cc1ccc(S(=O)(=O)N2CCCN(C3CCSC3)CC2)s1. The number of thiophene rings is 1. The fourth-order valence-corrected chi connectivity index (χ4v) is 7.17. The van der Waals surface area contributed by atoms with Gasteiger partial charge < -0.3 is 0 Å². The molecule has 1 unspecified atom stereocenters. The smallest absolute Gasteiger partial charge is 0.252 e. The molecule has 0 amide bonds. The summed E-state index contributed by atoms with van der Waals surface area (Å²) in [4.78, 5) is 3.54. The van der Waals surface area contributed by atoms with Crippen LogP contribution in [0.4, 0.5) is 0 Å².